The number of rotatable bonds is 5. The summed E-state index contributed by atoms with van der Waals surface area (Å²) in [6.45, 7) is 0.730. The van der Waals surface area contributed by atoms with Crippen molar-refractivity contribution in [1.29, 1.82) is 0 Å². The first-order valence-corrected chi connectivity index (χ1v) is 7.62. The molecule has 0 aromatic carbocycles. The van der Waals surface area contributed by atoms with Crippen LogP contribution in [0.25, 0.3) is 0 Å². The summed E-state index contributed by atoms with van der Waals surface area (Å²) in [5, 5.41) is 2.96. The van der Waals surface area contributed by atoms with E-state index in [1.54, 1.807) is 11.3 Å². The van der Waals surface area contributed by atoms with E-state index in [0.717, 1.165) is 37.1 Å². The average Bonchev–Trinajstić information content (AvgIpc) is 2.78. The molecule has 1 heterocycles. The average molecular weight is 272 g/mol. The van der Waals surface area contributed by atoms with Crippen LogP contribution in [0.5, 0.6) is 0 Å². The number of carbonyl (C=O) groups excluding carboxylic acids is 1. The summed E-state index contributed by atoms with van der Waals surface area (Å²) in [5.41, 5.74) is 1.40. The molecule has 0 unspecified atom stereocenters. The molecule has 0 spiro atoms. The first-order chi connectivity index (χ1) is 8.31. The molecule has 1 aliphatic carbocycles. The lowest BCUT2D eigenvalue weighted by Gasteiger charge is -2.08. The first kappa shape index (κ1) is 12.9. The molecule has 1 N–H and O–H groups in total. The van der Waals surface area contributed by atoms with Gasteiger partial charge in [0.05, 0.1) is 4.88 Å². The van der Waals surface area contributed by atoms with Crippen molar-refractivity contribution in [1.82, 2.24) is 5.32 Å². The molecule has 0 aliphatic heterocycles. The van der Waals surface area contributed by atoms with E-state index < -0.39 is 0 Å². The Morgan fingerprint density at radius 3 is 2.94 bits per heavy atom. The molecule has 4 heteroatoms. The lowest BCUT2D eigenvalue weighted by Crippen LogP contribution is -2.23. The normalized spacial score (nSPS) is 14.4. The molecule has 0 atom stereocenters. The van der Waals surface area contributed by atoms with Gasteiger partial charge in [-0.05, 0) is 50.2 Å². The molecule has 1 aliphatic rings. The second kappa shape index (κ2) is 6.41. The van der Waals surface area contributed by atoms with Gasteiger partial charge < -0.3 is 5.32 Å². The molecular formula is C13H18ClNOS. The molecular weight excluding hydrogens is 254 g/mol. The van der Waals surface area contributed by atoms with Gasteiger partial charge in [0.1, 0.15) is 0 Å². The number of alkyl halides is 1. The van der Waals surface area contributed by atoms with Crippen LogP contribution in [0.3, 0.4) is 0 Å². The number of nitrogens with one attached hydrogen (secondary N) is 1. The molecule has 0 radical (unpaired) electrons. The predicted octanol–water partition coefficient (Wildman–Crippen LogP) is 3.38. The highest BCUT2D eigenvalue weighted by Crippen LogP contribution is 2.29. The molecule has 0 saturated heterocycles. The first-order valence-electron chi connectivity index (χ1n) is 6.27. The van der Waals surface area contributed by atoms with Gasteiger partial charge in [-0.15, -0.1) is 22.9 Å². The molecule has 1 aromatic heterocycles. The molecule has 94 valence electrons. The van der Waals surface area contributed by atoms with Gasteiger partial charge in [-0.1, -0.05) is 0 Å². The maximum absolute atomic E-state index is 11.9. The Balaban J connectivity index is 1.88. The highest BCUT2D eigenvalue weighted by molar-refractivity contribution is 7.14. The lowest BCUT2D eigenvalue weighted by molar-refractivity contribution is 0.0957. The van der Waals surface area contributed by atoms with Crippen LogP contribution in [0.1, 0.15) is 45.8 Å². The SMILES string of the molecule is O=C(NCCCCCl)c1cc2c(s1)CCCC2. The van der Waals surface area contributed by atoms with Gasteiger partial charge in [-0.3, -0.25) is 4.79 Å². The number of unbranched alkanes of at least 4 members (excludes halogenated alkanes) is 1. The Morgan fingerprint density at radius 2 is 2.18 bits per heavy atom. The molecule has 17 heavy (non-hydrogen) atoms. The van der Waals surface area contributed by atoms with E-state index in [9.17, 15) is 4.79 Å². The minimum Gasteiger partial charge on any atom is -0.351 e. The van der Waals surface area contributed by atoms with Crippen molar-refractivity contribution >= 4 is 28.8 Å². The molecule has 1 amide bonds. The van der Waals surface area contributed by atoms with Gasteiger partial charge in [-0.2, -0.15) is 0 Å². The maximum atomic E-state index is 11.9. The monoisotopic (exact) mass is 271 g/mol. The van der Waals surface area contributed by atoms with Crippen LogP contribution in [0.4, 0.5) is 0 Å². The number of fused-ring (bicyclic) bond motifs is 1. The van der Waals surface area contributed by atoms with Crippen molar-refractivity contribution in [3.05, 3.63) is 21.4 Å². The number of hydrogen-bond donors (Lipinski definition) is 1. The van der Waals surface area contributed by atoms with Crippen LogP contribution in [0, 0.1) is 0 Å². The number of hydrogen-bond acceptors (Lipinski definition) is 2. The third kappa shape index (κ3) is 3.46. The third-order valence-corrected chi connectivity index (χ3v) is 4.57. The zero-order valence-corrected chi connectivity index (χ0v) is 11.5. The molecule has 0 fully saturated rings. The Hall–Kier alpha value is -0.540. The van der Waals surface area contributed by atoms with Crippen LogP contribution >= 0.6 is 22.9 Å². The van der Waals surface area contributed by atoms with E-state index in [4.69, 9.17) is 11.6 Å². The predicted molar refractivity (Wildman–Crippen MR) is 73.2 cm³/mol. The maximum Gasteiger partial charge on any atom is 0.261 e. The van der Waals surface area contributed by atoms with Crippen molar-refractivity contribution in [2.45, 2.75) is 38.5 Å². The Kier molecular flexibility index (Phi) is 4.86. The summed E-state index contributed by atoms with van der Waals surface area (Å²) in [5.74, 6) is 0.752. The minimum atomic E-state index is 0.0824. The fraction of sp³-hybridized carbons (Fsp3) is 0.615. The molecule has 0 saturated carbocycles. The fourth-order valence-electron chi connectivity index (χ4n) is 2.11. The van der Waals surface area contributed by atoms with Crippen molar-refractivity contribution < 1.29 is 4.79 Å². The zero-order valence-electron chi connectivity index (χ0n) is 9.93. The van der Waals surface area contributed by atoms with E-state index in [-0.39, 0.29) is 5.91 Å². The van der Waals surface area contributed by atoms with Gasteiger partial charge in [0.25, 0.3) is 5.91 Å². The molecule has 2 nitrogen and oxygen atoms in total. The van der Waals surface area contributed by atoms with E-state index in [0.29, 0.717) is 5.88 Å². The summed E-state index contributed by atoms with van der Waals surface area (Å²) in [7, 11) is 0. The Labute approximate surface area is 111 Å². The fourth-order valence-corrected chi connectivity index (χ4v) is 3.47. The number of thiophene rings is 1. The van der Waals surface area contributed by atoms with Gasteiger partial charge in [-0.25, -0.2) is 0 Å². The van der Waals surface area contributed by atoms with Crippen molar-refractivity contribution in [2.24, 2.45) is 0 Å². The Bertz CT molecular complexity index is 365. The number of halogens is 1. The van der Waals surface area contributed by atoms with Crippen LogP contribution in [0.2, 0.25) is 0 Å². The quantitative estimate of drug-likeness (QED) is 0.646. The van der Waals surface area contributed by atoms with E-state index >= 15 is 0 Å². The number of amides is 1. The van der Waals surface area contributed by atoms with Crippen molar-refractivity contribution in [3.63, 3.8) is 0 Å². The van der Waals surface area contributed by atoms with E-state index in [1.165, 1.54) is 23.3 Å². The van der Waals surface area contributed by atoms with E-state index in [1.807, 2.05) is 0 Å². The number of aryl methyl sites for hydroxylation is 2. The van der Waals surface area contributed by atoms with Crippen LogP contribution < -0.4 is 5.32 Å². The smallest absolute Gasteiger partial charge is 0.261 e. The largest absolute Gasteiger partial charge is 0.351 e. The van der Waals surface area contributed by atoms with Gasteiger partial charge >= 0.3 is 0 Å². The molecule has 1 aromatic rings. The topological polar surface area (TPSA) is 29.1 Å². The summed E-state index contributed by atoms with van der Waals surface area (Å²) in [6.07, 6.45) is 6.75. The third-order valence-electron chi connectivity index (χ3n) is 3.07. The van der Waals surface area contributed by atoms with E-state index in [2.05, 4.69) is 11.4 Å². The van der Waals surface area contributed by atoms with Crippen LogP contribution in [0.15, 0.2) is 6.07 Å². The molecule has 0 bridgehead atoms. The molecule has 2 rings (SSSR count). The highest BCUT2D eigenvalue weighted by atomic mass is 35.5. The Morgan fingerprint density at radius 1 is 1.35 bits per heavy atom. The second-order valence-electron chi connectivity index (χ2n) is 4.42. The summed E-state index contributed by atoms with van der Waals surface area (Å²) >= 11 is 7.26. The lowest BCUT2D eigenvalue weighted by atomic mass is 9.99. The summed E-state index contributed by atoms with van der Waals surface area (Å²) in [4.78, 5) is 14.2. The van der Waals surface area contributed by atoms with Gasteiger partial charge in [0.15, 0.2) is 0 Å². The van der Waals surface area contributed by atoms with Crippen molar-refractivity contribution in [3.8, 4) is 0 Å². The highest BCUT2D eigenvalue weighted by Gasteiger charge is 2.16. The summed E-state index contributed by atoms with van der Waals surface area (Å²) < 4.78 is 0. The zero-order chi connectivity index (χ0) is 12.1. The standard InChI is InChI=1S/C13H18ClNOS/c14-7-3-4-8-15-13(16)12-9-10-5-1-2-6-11(10)17-12/h9H,1-8H2,(H,15,16). The second-order valence-corrected chi connectivity index (χ2v) is 5.93. The van der Waals surface area contributed by atoms with Crippen LogP contribution in [-0.4, -0.2) is 18.3 Å². The van der Waals surface area contributed by atoms with Crippen molar-refractivity contribution in [2.75, 3.05) is 12.4 Å². The van der Waals surface area contributed by atoms with Gasteiger partial charge in [0.2, 0.25) is 0 Å². The van der Waals surface area contributed by atoms with Gasteiger partial charge in [0, 0.05) is 17.3 Å². The number of carbonyl (C=O) groups is 1. The summed E-state index contributed by atoms with van der Waals surface area (Å²) in [6, 6.07) is 2.08. The minimum absolute atomic E-state index is 0.0824. The van der Waals surface area contributed by atoms with Crippen LogP contribution in [-0.2, 0) is 12.8 Å².